The number of anilines is 1. The van der Waals surface area contributed by atoms with Gasteiger partial charge in [0.05, 0.1) is 6.54 Å². The summed E-state index contributed by atoms with van der Waals surface area (Å²) < 4.78 is 5.59. The van der Waals surface area contributed by atoms with Crippen LogP contribution in [-0.2, 0) is 4.74 Å². The molecule has 1 unspecified atom stereocenters. The first-order valence-corrected chi connectivity index (χ1v) is 7.21. The molecule has 2 aliphatic heterocycles. The molecule has 0 radical (unpaired) electrons. The second-order valence-corrected chi connectivity index (χ2v) is 5.91. The van der Waals surface area contributed by atoms with Crippen molar-refractivity contribution in [3.8, 4) is 5.75 Å². The van der Waals surface area contributed by atoms with Crippen LogP contribution >= 0.6 is 11.8 Å². The number of amides is 1. The molecule has 0 bridgehead atoms. The third-order valence-electron chi connectivity index (χ3n) is 3.42. The Kier molecular flexibility index (Phi) is 2.86. The van der Waals surface area contributed by atoms with Crippen LogP contribution in [0.1, 0.15) is 12.8 Å². The summed E-state index contributed by atoms with van der Waals surface area (Å²) in [7, 11) is 0. The monoisotopic (exact) mass is 265 g/mol. The molecule has 3 rings (SSSR count). The SMILES string of the molecule is O=C1OC2(CCCSC2)CN1c1ccc(O)cc1. The zero-order valence-corrected chi connectivity index (χ0v) is 10.8. The zero-order valence-electron chi connectivity index (χ0n) is 9.96. The molecule has 0 aromatic heterocycles. The lowest BCUT2D eigenvalue weighted by atomic mass is 10.00. The number of benzene rings is 1. The Balaban J connectivity index is 1.82. The van der Waals surface area contributed by atoms with E-state index < -0.39 is 0 Å². The van der Waals surface area contributed by atoms with Crippen LogP contribution in [0.25, 0.3) is 0 Å². The maximum atomic E-state index is 12.0. The molecule has 2 saturated heterocycles. The van der Waals surface area contributed by atoms with Crippen LogP contribution in [0.2, 0.25) is 0 Å². The molecular formula is C13H15NO3S. The Morgan fingerprint density at radius 1 is 1.33 bits per heavy atom. The molecule has 1 spiro atoms. The second kappa shape index (κ2) is 4.39. The van der Waals surface area contributed by atoms with Crippen molar-refractivity contribution in [3.63, 3.8) is 0 Å². The zero-order chi connectivity index (χ0) is 12.6. The molecule has 1 N–H and O–H groups in total. The van der Waals surface area contributed by atoms with Gasteiger partial charge in [-0.1, -0.05) is 0 Å². The van der Waals surface area contributed by atoms with E-state index in [1.165, 1.54) is 0 Å². The number of hydrogen-bond donors (Lipinski definition) is 1. The summed E-state index contributed by atoms with van der Waals surface area (Å²) in [5, 5.41) is 9.27. The van der Waals surface area contributed by atoms with Gasteiger partial charge in [0, 0.05) is 11.4 Å². The van der Waals surface area contributed by atoms with Gasteiger partial charge in [-0.15, -0.1) is 0 Å². The standard InChI is InChI=1S/C13H15NO3S/c15-11-4-2-10(3-5-11)14-8-13(17-12(14)16)6-1-7-18-9-13/h2-5,15H,1,6-9H2. The van der Waals surface area contributed by atoms with Crippen molar-refractivity contribution < 1.29 is 14.6 Å². The van der Waals surface area contributed by atoms with Gasteiger partial charge < -0.3 is 9.84 Å². The first-order chi connectivity index (χ1) is 8.69. The molecule has 2 heterocycles. The van der Waals surface area contributed by atoms with Crippen molar-refractivity contribution in [2.75, 3.05) is 23.0 Å². The number of ether oxygens (including phenoxy) is 1. The maximum absolute atomic E-state index is 12.0. The number of nitrogens with zero attached hydrogens (tertiary/aromatic N) is 1. The van der Waals surface area contributed by atoms with Gasteiger partial charge in [0.25, 0.3) is 0 Å². The third-order valence-corrected chi connectivity index (χ3v) is 4.73. The minimum absolute atomic E-state index is 0.203. The topological polar surface area (TPSA) is 49.8 Å². The summed E-state index contributed by atoms with van der Waals surface area (Å²) in [5.74, 6) is 2.24. The quantitative estimate of drug-likeness (QED) is 0.848. The smallest absolute Gasteiger partial charge is 0.415 e. The van der Waals surface area contributed by atoms with Crippen molar-refractivity contribution in [3.05, 3.63) is 24.3 Å². The molecule has 2 fully saturated rings. The van der Waals surface area contributed by atoms with Gasteiger partial charge in [-0.2, -0.15) is 11.8 Å². The number of phenols is 1. The highest BCUT2D eigenvalue weighted by Gasteiger charge is 2.46. The molecule has 4 nitrogen and oxygen atoms in total. The number of phenolic OH excluding ortho intramolecular Hbond substituents is 1. The Bertz CT molecular complexity index is 454. The molecular weight excluding hydrogens is 250 g/mol. The number of carbonyl (C=O) groups is 1. The van der Waals surface area contributed by atoms with Crippen molar-refractivity contribution in [1.29, 1.82) is 0 Å². The number of hydrogen-bond acceptors (Lipinski definition) is 4. The van der Waals surface area contributed by atoms with Crippen LogP contribution in [0, 0.1) is 0 Å². The predicted octanol–water partition coefficient (Wildman–Crippen LogP) is 2.61. The van der Waals surface area contributed by atoms with Crippen LogP contribution in [-0.4, -0.2) is 34.9 Å². The number of carbonyl (C=O) groups excluding carboxylic acids is 1. The number of thioether (sulfide) groups is 1. The highest BCUT2D eigenvalue weighted by atomic mass is 32.2. The molecule has 0 aliphatic carbocycles. The first kappa shape index (κ1) is 11.7. The van der Waals surface area contributed by atoms with Gasteiger partial charge in [0.15, 0.2) is 0 Å². The third kappa shape index (κ3) is 2.03. The molecule has 18 heavy (non-hydrogen) atoms. The van der Waals surface area contributed by atoms with E-state index in [4.69, 9.17) is 4.74 Å². The molecule has 5 heteroatoms. The van der Waals surface area contributed by atoms with Gasteiger partial charge in [-0.05, 0) is 42.9 Å². The van der Waals surface area contributed by atoms with E-state index in [1.807, 2.05) is 11.8 Å². The van der Waals surface area contributed by atoms with Crippen LogP contribution in [0.3, 0.4) is 0 Å². The molecule has 0 saturated carbocycles. The van der Waals surface area contributed by atoms with Crippen LogP contribution < -0.4 is 4.90 Å². The lowest BCUT2D eigenvalue weighted by molar-refractivity contribution is 0.0664. The van der Waals surface area contributed by atoms with Crippen molar-refractivity contribution >= 4 is 23.5 Å². The minimum atomic E-state index is -0.308. The van der Waals surface area contributed by atoms with E-state index in [2.05, 4.69) is 0 Å². The Hall–Kier alpha value is -1.36. The second-order valence-electron chi connectivity index (χ2n) is 4.81. The molecule has 1 aromatic rings. The average Bonchev–Trinajstić information content (AvgIpc) is 2.68. The van der Waals surface area contributed by atoms with Gasteiger partial charge in [-0.25, -0.2) is 4.79 Å². The van der Waals surface area contributed by atoms with Crippen LogP contribution in [0.4, 0.5) is 10.5 Å². The summed E-state index contributed by atoms with van der Waals surface area (Å²) in [6.07, 6.45) is 1.77. The first-order valence-electron chi connectivity index (χ1n) is 6.06. The predicted molar refractivity (Wildman–Crippen MR) is 71.2 cm³/mol. The van der Waals surface area contributed by atoms with Gasteiger partial charge in [-0.3, -0.25) is 4.90 Å². The number of rotatable bonds is 1. The fourth-order valence-electron chi connectivity index (χ4n) is 2.49. The lowest BCUT2D eigenvalue weighted by Gasteiger charge is -2.30. The maximum Gasteiger partial charge on any atom is 0.415 e. The summed E-state index contributed by atoms with van der Waals surface area (Å²) in [5.41, 5.74) is 0.475. The fourth-order valence-corrected chi connectivity index (χ4v) is 3.65. The molecule has 1 atom stereocenters. The van der Waals surface area contributed by atoms with Crippen molar-refractivity contribution in [2.45, 2.75) is 18.4 Å². The van der Waals surface area contributed by atoms with Gasteiger partial charge in [0.2, 0.25) is 0 Å². The van der Waals surface area contributed by atoms with Gasteiger partial charge in [0.1, 0.15) is 11.4 Å². The van der Waals surface area contributed by atoms with E-state index >= 15 is 0 Å². The number of aromatic hydroxyl groups is 1. The highest BCUT2D eigenvalue weighted by Crippen LogP contribution is 2.37. The molecule has 96 valence electrons. The largest absolute Gasteiger partial charge is 0.508 e. The molecule has 2 aliphatic rings. The van der Waals surface area contributed by atoms with Crippen molar-refractivity contribution in [2.24, 2.45) is 0 Å². The highest BCUT2D eigenvalue weighted by molar-refractivity contribution is 7.99. The minimum Gasteiger partial charge on any atom is -0.508 e. The van der Waals surface area contributed by atoms with Crippen LogP contribution in [0.15, 0.2) is 24.3 Å². The van der Waals surface area contributed by atoms with E-state index in [1.54, 1.807) is 29.2 Å². The Morgan fingerprint density at radius 2 is 2.11 bits per heavy atom. The van der Waals surface area contributed by atoms with Gasteiger partial charge >= 0.3 is 6.09 Å². The summed E-state index contributed by atoms with van der Waals surface area (Å²) in [6.45, 7) is 0.615. The summed E-state index contributed by atoms with van der Waals surface area (Å²) in [6, 6.07) is 6.66. The lowest BCUT2D eigenvalue weighted by Crippen LogP contribution is -2.39. The van der Waals surface area contributed by atoms with E-state index in [0.717, 1.165) is 30.0 Å². The Morgan fingerprint density at radius 3 is 2.78 bits per heavy atom. The van der Waals surface area contributed by atoms with Crippen molar-refractivity contribution in [1.82, 2.24) is 0 Å². The molecule has 1 amide bonds. The fraction of sp³-hybridized carbons (Fsp3) is 0.462. The van der Waals surface area contributed by atoms with E-state index in [0.29, 0.717) is 6.54 Å². The van der Waals surface area contributed by atoms with E-state index in [9.17, 15) is 9.90 Å². The Labute approximate surface area is 110 Å². The molecule has 1 aromatic carbocycles. The van der Waals surface area contributed by atoms with E-state index in [-0.39, 0.29) is 17.4 Å². The normalized spacial score (nSPS) is 27.6. The average molecular weight is 265 g/mol. The summed E-state index contributed by atoms with van der Waals surface area (Å²) in [4.78, 5) is 13.6. The summed E-state index contributed by atoms with van der Waals surface area (Å²) >= 11 is 1.85. The van der Waals surface area contributed by atoms with Crippen LogP contribution in [0.5, 0.6) is 5.75 Å².